The minimum Gasteiger partial charge on any atom is -0.459 e. The molecule has 0 aliphatic heterocycles. The predicted molar refractivity (Wildman–Crippen MR) is 69.9 cm³/mol. The van der Waals surface area contributed by atoms with Crippen LogP contribution in [0.5, 0.6) is 0 Å². The van der Waals surface area contributed by atoms with E-state index in [1.807, 2.05) is 37.3 Å². The zero-order valence-corrected chi connectivity index (χ0v) is 10.4. The number of carbonyl (C=O) groups excluding carboxylic acids is 1. The molecule has 1 unspecified atom stereocenters. The molecule has 0 heterocycles. The van der Waals surface area contributed by atoms with E-state index in [2.05, 4.69) is 11.9 Å². The lowest BCUT2D eigenvalue weighted by Crippen LogP contribution is -2.18. The molecule has 1 rings (SSSR count). The van der Waals surface area contributed by atoms with Crippen LogP contribution in [-0.2, 0) is 9.53 Å². The number of nitrogens with one attached hydrogen (secondary N) is 1. The van der Waals surface area contributed by atoms with Gasteiger partial charge >= 0.3 is 5.97 Å². The average molecular weight is 233 g/mol. The summed E-state index contributed by atoms with van der Waals surface area (Å²) in [6.45, 7) is 7.85. The zero-order valence-electron chi connectivity index (χ0n) is 10.4. The van der Waals surface area contributed by atoms with Gasteiger partial charge in [0.1, 0.15) is 6.10 Å². The third-order valence-corrected chi connectivity index (χ3v) is 2.31. The summed E-state index contributed by atoms with van der Waals surface area (Å²) < 4.78 is 5.17. The maximum absolute atomic E-state index is 11.2. The van der Waals surface area contributed by atoms with Crippen LogP contribution in [0.15, 0.2) is 42.5 Å². The minimum atomic E-state index is -0.322. The number of benzene rings is 1. The van der Waals surface area contributed by atoms with E-state index in [1.165, 1.54) is 0 Å². The van der Waals surface area contributed by atoms with E-state index in [-0.39, 0.29) is 12.1 Å². The van der Waals surface area contributed by atoms with Crippen molar-refractivity contribution in [3.05, 3.63) is 42.5 Å². The Kier molecular flexibility index (Phi) is 5.27. The van der Waals surface area contributed by atoms with Crippen molar-refractivity contribution in [2.24, 2.45) is 0 Å². The summed E-state index contributed by atoms with van der Waals surface area (Å²) in [5, 5.41) is 3.26. The van der Waals surface area contributed by atoms with Gasteiger partial charge in [-0.15, -0.1) is 0 Å². The SMILES string of the molecule is C=C(C)C(=O)OC(C)CCNc1ccccc1. The summed E-state index contributed by atoms with van der Waals surface area (Å²) in [6.07, 6.45) is 0.670. The standard InChI is InChI=1S/C14H19NO2/c1-11(2)14(16)17-12(3)9-10-15-13-7-5-4-6-8-13/h4-8,12,15H,1,9-10H2,2-3H3. The first kappa shape index (κ1) is 13.3. The Balaban J connectivity index is 2.23. The third kappa shape index (κ3) is 5.20. The summed E-state index contributed by atoms with van der Waals surface area (Å²) in [4.78, 5) is 11.2. The molecule has 0 aliphatic carbocycles. The van der Waals surface area contributed by atoms with Crippen LogP contribution < -0.4 is 5.32 Å². The third-order valence-electron chi connectivity index (χ3n) is 2.31. The van der Waals surface area contributed by atoms with Crippen LogP contribution >= 0.6 is 0 Å². The van der Waals surface area contributed by atoms with E-state index >= 15 is 0 Å². The lowest BCUT2D eigenvalue weighted by molar-refractivity contribution is -0.143. The number of anilines is 1. The molecule has 1 aromatic rings. The minimum absolute atomic E-state index is 0.101. The van der Waals surface area contributed by atoms with Crippen LogP contribution in [0.1, 0.15) is 20.3 Å². The van der Waals surface area contributed by atoms with Crippen molar-refractivity contribution in [2.75, 3.05) is 11.9 Å². The van der Waals surface area contributed by atoms with E-state index in [9.17, 15) is 4.79 Å². The molecule has 3 nitrogen and oxygen atoms in total. The highest BCUT2D eigenvalue weighted by molar-refractivity contribution is 5.87. The van der Waals surface area contributed by atoms with Gasteiger partial charge in [0.15, 0.2) is 0 Å². The summed E-state index contributed by atoms with van der Waals surface area (Å²) in [6, 6.07) is 9.94. The van der Waals surface area contributed by atoms with E-state index in [4.69, 9.17) is 4.74 Å². The first-order valence-electron chi connectivity index (χ1n) is 5.75. The quantitative estimate of drug-likeness (QED) is 0.606. The Morgan fingerprint density at radius 3 is 2.65 bits per heavy atom. The molecule has 3 heteroatoms. The molecule has 1 atom stereocenters. The van der Waals surface area contributed by atoms with Gasteiger partial charge in [0.25, 0.3) is 0 Å². The largest absolute Gasteiger partial charge is 0.459 e. The van der Waals surface area contributed by atoms with Gasteiger partial charge in [0.2, 0.25) is 0 Å². The van der Waals surface area contributed by atoms with Gasteiger partial charge in [0.05, 0.1) is 0 Å². The number of hydrogen-bond donors (Lipinski definition) is 1. The first-order chi connectivity index (χ1) is 8.09. The van der Waals surface area contributed by atoms with Gasteiger partial charge < -0.3 is 10.1 Å². The molecule has 92 valence electrons. The molecule has 0 radical (unpaired) electrons. The number of hydrogen-bond acceptors (Lipinski definition) is 3. The average Bonchev–Trinajstić information content (AvgIpc) is 2.30. The van der Waals surface area contributed by atoms with Crippen LogP contribution in [0, 0.1) is 0 Å². The fourth-order valence-corrected chi connectivity index (χ4v) is 1.32. The van der Waals surface area contributed by atoms with Crippen molar-refractivity contribution in [1.82, 2.24) is 0 Å². The molecule has 17 heavy (non-hydrogen) atoms. The van der Waals surface area contributed by atoms with Gasteiger partial charge in [-0.1, -0.05) is 24.8 Å². The molecule has 0 aliphatic rings. The Bertz CT molecular complexity index is 373. The molecular formula is C14H19NO2. The number of para-hydroxylation sites is 1. The fourth-order valence-electron chi connectivity index (χ4n) is 1.32. The zero-order chi connectivity index (χ0) is 12.7. The molecule has 1 N–H and O–H groups in total. The highest BCUT2D eigenvalue weighted by Gasteiger charge is 2.09. The highest BCUT2D eigenvalue weighted by atomic mass is 16.5. The topological polar surface area (TPSA) is 38.3 Å². The molecule has 0 bridgehead atoms. The Labute approximate surface area is 102 Å². The second kappa shape index (κ2) is 6.74. The van der Waals surface area contributed by atoms with Gasteiger partial charge in [-0.3, -0.25) is 0 Å². The molecule has 0 saturated carbocycles. The molecule has 0 fully saturated rings. The van der Waals surface area contributed by atoms with Gasteiger partial charge in [0, 0.05) is 24.2 Å². The van der Waals surface area contributed by atoms with Crippen molar-refractivity contribution < 1.29 is 9.53 Å². The van der Waals surface area contributed by atoms with Crippen molar-refractivity contribution >= 4 is 11.7 Å². The monoisotopic (exact) mass is 233 g/mol. The smallest absolute Gasteiger partial charge is 0.333 e. The Hall–Kier alpha value is -1.77. The number of carbonyl (C=O) groups is 1. The first-order valence-corrected chi connectivity index (χ1v) is 5.75. The Morgan fingerprint density at radius 1 is 1.41 bits per heavy atom. The molecule has 0 amide bonds. The van der Waals surface area contributed by atoms with Crippen molar-refractivity contribution in [2.45, 2.75) is 26.4 Å². The van der Waals surface area contributed by atoms with Crippen LogP contribution in [0.3, 0.4) is 0 Å². The molecule has 0 spiro atoms. The normalized spacial score (nSPS) is 11.6. The van der Waals surface area contributed by atoms with Crippen LogP contribution in [0.4, 0.5) is 5.69 Å². The fraction of sp³-hybridized carbons (Fsp3) is 0.357. The summed E-state index contributed by atoms with van der Waals surface area (Å²) in [7, 11) is 0. The lowest BCUT2D eigenvalue weighted by atomic mass is 10.2. The van der Waals surface area contributed by atoms with Gasteiger partial charge in [-0.25, -0.2) is 4.79 Å². The van der Waals surface area contributed by atoms with Crippen LogP contribution in [0.25, 0.3) is 0 Å². The van der Waals surface area contributed by atoms with E-state index < -0.39 is 0 Å². The number of rotatable bonds is 6. The van der Waals surface area contributed by atoms with Crippen molar-refractivity contribution in [1.29, 1.82) is 0 Å². The highest BCUT2D eigenvalue weighted by Crippen LogP contribution is 2.07. The second-order valence-corrected chi connectivity index (χ2v) is 4.08. The number of ether oxygens (including phenoxy) is 1. The molecule has 0 saturated heterocycles. The van der Waals surface area contributed by atoms with Gasteiger partial charge in [-0.2, -0.15) is 0 Å². The summed E-state index contributed by atoms with van der Waals surface area (Å²) in [5.74, 6) is -0.322. The van der Waals surface area contributed by atoms with E-state index in [0.29, 0.717) is 5.57 Å². The van der Waals surface area contributed by atoms with Crippen molar-refractivity contribution in [3.63, 3.8) is 0 Å². The summed E-state index contributed by atoms with van der Waals surface area (Å²) >= 11 is 0. The molecular weight excluding hydrogens is 214 g/mol. The van der Waals surface area contributed by atoms with E-state index in [1.54, 1.807) is 6.92 Å². The van der Waals surface area contributed by atoms with E-state index in [0.717, 1.165) is 18.7 Å². The molecule has 1 aromatic carbocycles. The van der Waals surface area contributed by atoms with Gasteiger partial charge in [-0.05, 0) is 26.0 Å². The number of esters is 1. The van der Waals surface area contributed by atoms with Crippen LogP contribution in [-0.4, -0.2) is 18.6 Å². The van der Waals surface area contributed by atoms with Crippen LogP contribution in [0.2, 0.25) is 0 Å². The lowest BCUT2D eigenvalue weighted by Gasteiger charge is -2.14. The van der Waals surface area contributed by atoms with Crippen molar-refractivity contribution in [3.8, 4) is 0 Å². The second-order valence-electron chi connectivity index (χ2n) is 4.08. The maximum Gasteiger partial charge on any atom is 0.333 e. The summed E-state index contributed by atoms with van der Waals surface area (Å²) in [5.41, 5.74) is 1.51. The maximum atomic E-state index is 11.2. The molecule has 0 aromatic heterocycles. The predicted octanol–water partition coefficient (Wildman–Crippen LogP) is 3.00. The Morgan fingerprint density at radius 2 is 2.06 bits per heavy atom.